The summed E-state index contributed by atoms with van der Waals surface area (Å²) in [5.74, 6) is 1.09. The summed E-state index contributed by atoms with van der Waals surface area (Å²) in [4.78, 5) is 17.6. The van der Waals surface area contributed by atoms with Crippen molar-refractivity contribution in [3.8, 4) is 0 Å². The molecule has 3 aromatic rings. The van der Waals surface area contributed by atoms with Crippen molar-refractivity contribution < 1.29 is 14.3 Å². The van der Waals surface area contributed by atoms with E-state index in [1.54, 1.807) is 0 Å². The number of hydrogen-bond donors (Lipinski definition) is 0. The van der Waals surface area contributed by atoms with Crippen LogP contribution in [0.5, 0.6) is 0 Å². The lowest BCUT2D eigenvalue weighted by atomic mass is 9.88. The molecular formula is C35H44N2O3. The van der Waals surface area contributed by atoms with Crippen LogP contribution < -0.4 is 0 Å². The van der Waals surface area contributed by atoms with Crippen LogP contribution in [0.2, 0.25) is 0 Å². The van der Waals surface area contributed by atoms with Crippen molar-refractivity contribution in [2.75, 3.05) is 26.2 Å². The Balaban J connectivity index is 1.15. The lowest BCUT2D eigenvalue weighted by Gasteiger charge is -2.39. The highest BCUT2D eigenvalue weighted by atomic mass is 16.6. The summed E-state index contributed by atoms with van der Waals surface area (Å²) in [5, 5.41) is 0. The summed E-state index contributed by atoms with van der Waals surface area (Å²) in [5.41, 5.74) is 3.70. The zero-order valence-electron chi connectivity index (χ0n) is 23.9. The molecule has 2 aliphatic rings. The topological polar surface area (TPSA) is 42.0 Å². The highest BCUT2D eigenvalue weighted by molar-refractivity contribution is 5.68. The van der Waals surface area contributed by atoms with Gasteiger partial charge in [0.1, 0.15) is 6.61 Å². The third kappa shape index (κ3) is 7.74. The maximum atomic E-state index is 13.0. The highest BCUT2D eigenvalue weighted by Gasteiger charge is 2.38. The van der Waals surface area contributed by atoms with E-state index in [4.69, 9.17) is 9.47 Å². The summed E-state index contributed by atoms with van der Waals surface area (Å²) in [7, 11) is 0. The van der Waals surface area contributed by atoms with Gasteiger partial charge in [-0.25, -0.2) is 4.79 Å². The molecule has 0 radical (unpaired) electrons. The van der Waals surface area contributed by atoms with Crippen LogP contribution in [-0.2, 0) is 22.7 Å². The Bertz CT molecular complexity index is 1150. The van der Waals surface area contributed by atoms with Crippen LogP contribution >= 0.6 is 0 Å². The van der Waals surface area contributed by atoms with Gasteiger partial charge in [0.15, 0.2) is 0 Å². The predicted molar refractivity (Wildman–Crippen MR) is 160 cm³/mol. The molecule has 1 amide bonds. The number of likely N-dealkylation sites (tertiary alicyclic amines) is 1. The van der Waals surface area contributed by atoms with Crippen LogP contribution in [0.4, 0.5) is 4.79 Å². The first kappa shape index (κ1) is 28.4. The molecule has 3 unspecified atom stereocenters. The molecular weight excluding hydrogens is 496 g/mol. The molecule has 212 valence electrons. The Labute approximate surface area is 240 Å². The van der Waals surface area contributed by atoms with Gasteiger partial charge in [0, 0.05) is 32.2 Å². The lowest BCUT2D eigenvalue weighted by molar-refractivity contribution is 0.0390. The Hall–Kier alpha value is -3.15. The number of nitrogens with zero attached hydrogens (tertiary/aromatic N) is 2. The number of amides is 1. The van der Waals surface area contributed by atoms with E-state index < -0.39 is 0 Å². The van der Waals surface area contributed by atoms with Crippen LogP contribution in [0.25, 0.3) is 0 Å². The largest absolute Gasteiger partial charge is 0.445 e. The molecule has 3 atom stereocenters. The number of rotatable bonds is 11. The molecule has 5 heteroatoms. The summed E-state index contributed by atoms with van der Waals surface area (Å²) in [6, 6.07) is 31.7. The number of ether oxygens (including phenoxy) is 2. The van der Waals surface area contributed by atoms with E-state index in [-0.39, 0.29) is 18.2 Å². The second-order valence-electron chi connectivity index (χ2n) is 11.4. The van der Waals surface area contributed by atoms with Crippen molar-refractivity contribution in [1.29, 1.82) is 0 Å². The van der Waals surface area contributed by atoms with E-state index in [9.17, 15) is 4.79 Å². The molecule has 3 aromatic carbocycles. The fourth-order valence-corrected chi connectivity index (χ4v) is 6.52. The van der Waals surface area contributed by atoms with E-state index in [0.29, 0.717) is 25.0 Å². The van der Waals surface area contributed by atoms with E-state index in [1.165, 1.54) is 11.1 Å². The fraction of sp³-hybridized carbons (Fsp3) is 0.457. The van der Waals surface area contributed by atoms with E-state index in [0.717, 1.165) is 63.8 Å². The molecule has 1 heterocycles. The second-order valence-corrected chi connectivity index (χ2v) is 11.4. The number of piperidine rings is 1. The standard InChI is InChI=1S/C35H44N2O3/c1-2-20-37(35(38)40-27-29-14-8-4-9-15-29)32-18-21-36(22-19-32)25-31-23-33(39-26-28-12-6-3-7-13-28)24-34(31)30-16-10-5-11-17-30/h3-17,31-34H,2,18-27H2,1H3. The molecule has 40 heavy (non-hydrogen) atoms. The van der Waals surface area contributed by atoms with Crippen molar-refractivity contribution in [3.63, 3.8) is 0 Å². The van der Waals surface area contributed by atoms with Crippen LogP contribution in [-0.4, -0.2) is 54.2 Å². The van der Waals surface area contributed by atoms with E-state index >= 15 is 0 Å². The summed E-state index contributed by atoms with van der Waals surface area (Å²) >= 11 is 0. The minimum Gasteiger partial charge on any atom is -0.445 e. The van der Waals surface area contributed by atoms with Crippen molar-refractivity contribution >= 4 is 6.09 Å². The van der Waals surface area contributed by atoms with Crippen LogP contribution in [0, 0.1) is 5.92 Å². The summed E-state index contributed by atoms with van der Waals surface area (Å²) in [6.45, 7) is 7.01. The molecule has 0 N–H and O–H groups in total. The molecule has 1 saturated heterocycles. The third-order valence-electron chi connectivity index (χ3n) is 8.60. The van der Waals surface area contributed by atoms with Crippen LogP contribution in [0.1, 0.15) is 61.6 Å². The first-order valence-electron chi connectivity index (χ1n) is 15.1. The van der Waals surface area contributed by atoms with Crippen molar-refractivity contribution in [2.45, 2.75) is 70.3 Å². The normalized spacial score (nSPS) is 21.8. The van der Waals surface area contributed by atoms with Crippen molar-refractivity contribution in [3.05, 3.63) is 108 Å². The number of benzene rings is 3. The zero-order valence-corrected chi connectivity index (χ0v) is 23.9. The van der Waals surface area contributed by atoms with E-state index in [2.05, 4.69) is 72.5 Å². The maximum Gasteiger partial charge on any atom is 0.410 e. The third-order valence-corrected chi connectivity index (χ3v) is 8.60. The van der Waals surface area contributed by atoms with Gasteiger partial charge in [-0.1, -0.05) is 97.9 Å². The second kappa shape index (κ2) is 14.5. The van der Waals surface area contributed by atoms with Gasteiger partial charge in [0.2, 0.25) is 0 Å². The Morgan fingerprint density at radius 3 is 2.05 bits per heavy atom. The number of carbonyl (C=O) groups excluding carboxylic acids is 1. The van der Waals surface area contributed by atoms with Gasteiger partial charge in [-0.15, -0.1) is 0 Å². The van der Waals surface area contributed by atoms with E-state index in [1.807, 2.05) is 35.2 Å². The molecule has 5 rings (SSSR count). The Morgan fingerprint density at radius 2 is 1.43 bits per heavy atom. The summed E-state index contributed by atoms with van der Waals surface area (Å²) in [6.07, 6.45) is 5.21. The minimum atomic E-state index is -0.178. The minimum absolute atomic E-state index is 0.178. The zero-order chi connectivity index (χ0) is 27.6. The quantitative estimate of drug-likeness (QED) is 0.256. The Kier molecular flexibility index (Phi) is 10.3. The SMILES string of the molecule is CCCN(C(=O)OCc1ccccc1)C1CCN(CC2CC(OCc3ccccc3)CC2c2ccccc2)CC1. The molecule has 2 fully saturated rings. The fourth-order valence-electron chi connectivity index (χ4n) is 6.52. The van der Waals surface area contributed by atoms with Gasteiger partial charge in [-0.05, 0) is 60.6 Å². The first-order chi connectivity index (χ1) is 19.7. The average molecular weight is 541 g/mol. The molecule has 0 aromatic heterocycles. The Morgan fingerprint density at radius 1 is 0.825 bits per heavy atom. The van der Waals surface area contributed by atoms with Gasteiger partial charge < -0.3 is 19.3 Å². The van der Waals surface area contributed by atoms with Crippen LogP contribution in [0.3, 0.4) is 0 Å². The first-order valence-corrected chi connectivity index (χ1v) is 15.1. The summed E-state index contributed by atoms with van der Waals surface area (Å²) < 4.78 is 12.2. The molecule has 1 saturated carbocycles. The average Bonchev–Trinajstić information content (AvgIpc) is 3.42. The van der Waals surface area contributed by atoms with Gasteiger partial charge >= 0.3 is 6.09 Å². The highest BCUT2D eigenvalue weighted by Crippen LogP contribution is 2.42. The van der Waals surface area contributed by atoms with Crippen molar-refractivity contribution in [2.24, 2.45) is 5.92 Å². The molecule has 1 aliphatic carbocycles. The number of hydrogen-bond acceptors (Lipinski definition) is 4. The lowest BCUT2D eigenvalue weighted by Crippen LogP contribution is -2.48. The number of carbonyl (C=O) groups is 1. The predicted octanol–water partition coefficient (Wildman–Crippen LogP) is 7.28. The van der Waals surface area contributed by atoms with Gasteiger partial charge in [-0.3, -0.25) is 0 Å². The van der Waals surface area contributed by atoms with Gasteiger partial charge in [0.05, 0.1) is 12.7 Å². The van der Waals surface area contributed by atoms with Crippen LogP contribution in [0.15, 0.2) is 91.0 Å². The molecule has 5 nitrogen and oxygen atoms in total. The smallest absolute Gasteiger partial charge is 0.410 e. The van der Waals surface area contributed by atoms with Gasteiger partial charge in [-0.2, -0.15) is 0 Å². The maximum absolute atomic E-state index is 13.0. The van der Waals surface area contributed by atoms with Gasteiger partial charge in [0.25, 0.3) is 0 Å². The molecule has 1 aliphatic heterocycles. The van der Waals surface area contributed by atoms with Crippen molar-refractivity contribution in [1.82, 2.24) is 9.80 Å². The molecule has 0 bridgehead atoms. The molecule has 0 spiro atoms. The monoisotopic (exact) mass is 540 g/mol.